The average Bonchev–Trinajstić information content (AvgIpc) is 2.99. The van der Waals surface area contributed by atoms with Crippen LogP contribution in [0.15, 0.2) is 30.0 Å². The fourth-order valence-electron chi connectivity index (χ4n) is 2.88. The van der Waals surface area contributed by atoms with Gasteiger partial charge in [0, 0.05) is 6.42 Å². The molecule has 2 aliphatic rings. The molecule has 0 aromatic heterocycles. The van der Waals surface area contributed by atoms with Crippen molar-refractivity contribution in [2.75, 3.05) is 13.7 Å². The Kier molecular flexibility index (Phi) is 2.89. The SMILES string of the molecule is CNC(C1=CCCO1)c1ccc2c(c1)CCC2. The number of rotatable bonds is 3. The third kappa shape index (κ3) is 1.98. The molecule has 1 aliphatic heterocycles. The molecular weight excluding hydrogens is 210 g/mol. The third-order valence-corrected chi connectivity index (χ3v) is 3.76. The summed E-state index contributed by atoms with van der Waals surface area (Å²) >= 11 is 0. The van der Waals surface area contributed by atoms with Gasteiger partial charge in [0.05, 0.1) is 12.6 Å². The predicted molar refractivity (Wildman–Crippen MR) is 68.9 cm³/mol. The number of aryl methyl sites for hydroxylation is 2. The Morgan fingerprint density at radius 1 is 1.24 bits per heavy atom. The second-order valence-corrected chi connectivity index (χ2v) is 4.85. The van der Waals surface area contributed by atoms with Crippen LogP contribution in [0, 0.1) is 0 Å². The summed E-state index contributed by atoms with van der Waals surface area (Å²) in [7, 11) is 2.00. The highest BCUT2D eigenvalue weighted by atomic mass is 16.5. The molecule has 90 valence electrons. The summed E-state index contributed by atoms with van der Waals surface area (Å²) in [5.74, 6) is 1.09. The van der Waals surface area contributed by atoms with Gasteiger partial charge in [-0.05, 0) is 49.1 Å². The summed E-state index contributed by atoms with van der Waals surface area (Å²) in [6.45, 7) is 0.832. The van der Waals surface area contributed by atoms with Crippen molar-refractivity contribution in [3.8, 4) is 0 Å². The van der Waals surface area contributed by atoms with Crippen molar-refractivity contribution in [2.24, 2.45) is 0 Å². The molecule has 0 saturated carbocycles. The van der Waals surface area contributed by atoms with E-state index in [4.69, 9.17) is 4.74 Å². The Morgan fingerprint density at radius 2 is 2.12 bits per heavy atom. The van der Waals surface area contributed by atoms with Gasteiger partial charge < -0.3 is 10.1 Å². The highest BCUT2D eigenvalue weighted by Crippen LogP contribution is 2.30. The molecule has 0 bridgehead atoms. The monoisotopic (exact) mass is 229 g/mol. The number of likely N-dealkylation sites (N-methyl/N-ethyl adjacent to an activating group) is 1. The number of hydrogen-bond donors (Lipinski definition) is 1. The van der Waals surface area contributed by atoms with Gasteiger partial charge in [-0.1, -0.05) is 18.2 Å². The molecule has 1 atom stereocenters. The fraction of sp³-hybridized carbons (Fsp3) is 0.467. The van der Waals surface area contributed by atoms with Crippen LogP contribution in [0.25, 0.3) is 0 Å². The van der Waals surface area contributed by atoms with Crippen molar-refractivity contribution in [2.45, 2.75) is 31.7 Å². The molecule has 2 heteroatoms. The van der Waals surface area contributed by atoms with E-state index in [0.29, 0.717) is 0 Å². The normalized spacial score (nSPS) is 19.7. The van der Waals surface area contributed by atoms with E-state index in [1.165, 1.54) is 36.0 Å². The largest absolute Gasteiger partial charge is 0.496 e. The van der Waals surface area contributed by atoms with Crippen molar-refractivity contribution in [1.82, 2.24) is 5.32 Å². The van der Waals surface area contributed by atoms with E-state index in [1.54, 1.807) is 0 Å². The molecule has 1 N–H and O–H groups in total. The number of fused-ring (bicyclic) bond motifs is 1. The summed E-state index contributed by atoms with van der Waals surface area (Å²) in [6, 6.07) is 7.11. The Morgan fingerprint density at radius 3 is 2.88 bits per heavy atom. The molecule has 0 saturated heterocycles. The second-order valence-electron chi connectivity index (χ2n) is 4.85. The topological polar surface area (TPSA) is 21.3 Å². The molecule has 0 fully saturated rings. The van der Waals surface area contributed by atoms with Crippen LogP contribution in [0.1, 0.15) is 35.6 Å². The Labute approximate surface area is 103 Å². The first-order chi connectivity index (χ1) is 8.38. The molecule has 0 spiro atoms. The molecule has 0 radical (unpaired) electrons. The lowest BCUT2D eigenvalue weighted by Crippen LogP contribution is -2.19. The maximum Gasteiger partial charge on any atom is 0.114 e. The highest BCUT2D eigenvalue weighted by molar-refractivity contribution is 5.38. The first-order valence-corrected chi connectivity index (χ1v) is 6.50. The summed E-state index contributed by atoms with van der Waals surface area (Å²) in [6.07, 6.45) is 7.04. The smallest absolute Gasteiger partial charge is 0.114 e. The van der Waals surface area contributed by atoms with Gasteiger partial charge in [-0.15, -0.1) is 0 Å². The summed E-state index contributed by atoms with van der Waals surface area (Å²) in [4.78, 5) is 0. The van der Waals surface area contributed by atoms with E-state index in [-0.39, 0.29) is 6.04 Å². The van der Waals surface area contributed by atoms with Crippen molar-refractivity contribution >= 4 is 0 Å². The predicted octanol–water partition coefficient (Wildman–Crippen LogP) is 2.74. The number of nitrogens with one attached hydrogen (secondary N) is 1. The molecule has 1 aromatic carbocycles. The minimum atomic E-state index is 0.225. The van der Waals surface area contributed by atoms with Crippen LogP contribution in [0.2, 0.25) is 0 Å². The van der Waals surface area contributed by atoms with Crippen LogP contribution < -0.4 is 5.32 Å². The standard InChI is InChI=1S/C15H19NO/c1-16-15(14-6-3-9-17-14)13-8-7-11-4-2-5-12(11)10-13/h6-8,10,15-16H,2-5,9H2,1H3. The Balaban J connectivity index is 1.91. The Bertz CT molecular complexity index is 450. The molecule has 1 heterocycles. The van der Waals surface area contributed by atoms with Crippen LogP contribution in [-0.2, 0) is 17.6 Å². The zero-order chi connectivity index (χ0) is 11.7. The molecule has 17 heavy (non-hydrogen) atoms. The lowest BCUT2D eigenvalue weighted by molar-refractivity contribution is 0.218. The van der Waals surface area contributed by atoms with E-state index in [9.17, 15) is 0 Å². The summed E-state index contributed by atoms with van der Waals surface area (Å²) in [5.41, 5.74) is 4.40. The van der Waals surface area contributed by atoms with Gasteiger partial charge in [0.15, 0.2) is 0 Å². The van der Waals surface area contributed by atoms with Crippen molar-refractivity contribution in [1.29, 1.82) is 0 Å². The maximum absolute atomic E-state index is 5.68. The van der Waals surface area contributed by atoms with E-state index in [1.807, 2.05) is 7.05 Å². The van der Waals surface area contributed by atoms with E-state index < -0.39 is 0 Å². The molecular formula is C15H19NO. The van der Waals surface area contributed by atoms with Gasteiger partial charge >= 0.3 is 0 Å². The van der Waals surface area contributed by atoms with Gasteiger partial charge in [-0.2, -0.15) is 0 Å². The lowest BCUT2D eigenvalue weighted by Gasteiger charge is -2.18. The molecule has 2 nitrogen and oxygen atoms in total. The highest BCUT2D eigenvalue weighted by Gasteiger charge is 2.21. The van der Waals surface area contributed by atoms with Gasteiger partial charge in [0.2, 0.25) is 0 Å². The van der Waals surface area contributed by atoms with Gasteiger partial charge in [0.1, 0.15) is 5.76 Å². The summed E-state index contributed by atoms with van der Waals surface area (Å²) < 4.78 is 5.68. The fourth-order valence-corrected chi connectivity index (χ4v) is 2.88. The van der Waals surface area contributed by atoms with Gasteiger partial charge in [-0.3, -0.25) is 0 Å². The van der Waals surface area contributed by atoms with Crippen LogP contribution in [0.5, 0.6) is 0 Å². The number of ether oxygens (including phenoxy) is 1. The molecule has 1 aliphatic carbocycles. The first-order valence-electron chi connectivity index (χ1n) is 6.50. The summed E-state index contributed by atoms with van der Waals surface area (Å²) in [5, 5.41) is 3.36. The zero-order valence-electron chi connectivity index (χ0n) is 10.3. The Hall–Kier alpha value is -1.28. The molecule has 0 amide bonds. The van der Waals surface area contributed by atoms with Gasteiger partial charge in [-0.25, -0.2) is 0 Å². The first kappa shape index (κ1) is 10.8. The molecule has 1 aromatic rings. The van der Waals surface area contributed by atoms with E-state index in [0.717, 1.165) is 18.8 Å². The minimum absolute atomic E-state index is 0.225. The van der Waals surface area contributed by atoms with Crippen molar-refractivity contribution in [3.05, 3.63) is 46.7 Å². The third-order valence-electron chi connectivity index (χ3n) is 3.76. The van der Waals surface area contributed by atoms with Gasteiger partial charge in [0.25, 0.3) is 0 Å². The minimum Gasteiger partial charge on any atom is -0.496 e. The lowest BCUT2D eigenvalue weighted by atomic mass is 10.00. The zero-order valence-corrected chi connectivity index (χ0v) is 10.3. The van der Waals surface area contributed by atoms with Crippen LogP contribution in [0.4, 0.5) is 0 Å². The van der Waals surface area contributed by atoms with Crippen LogP contribution in [-0.4, -0.2) is 13.7 Å². The maximum atomic E-state index is 5.68. The molecule has 3 rings (SSSR count). The number of hydrogen-bond acceptors (Lipinski definition) is 2. The van der Waals surface area contributed by atoms with Crippen molar-refractivity contribution in [3.63, 3.8) is 0 Å². The van der Waals surface area contributed by atoms with Crippen LogP contribution >= 0.6 is 0 Å². The van der Waals surface area contributed by atoms with Crippen molar-refractivity contribution < 1.29 is 4.74 Å². The quantitative estimate of drug-likeness (QED) is 0.860. The molecule has 1 unspecified atom stereocenters. The van der Waals surface area contributed by atoms with E-state index in [2.05, 4.69) is 29.6 Å². The second kappa shape index (κ2) is 4.53. The average molecular weight is 229 g/mol. The van der Waals surface area contributed by atoms with Crippen LogP contribution in [0.3, 0.4) is 0 Å². The van der Waals surface area contributed by atoms with E-state index >= 15 is 0 Å². The number of benzene rings is 1.